The molecule has 1 unspecified atom stereocenters. The van der Waals surface area contributed by atoms with Crippen molar-refractivity contribution >= 4 is 35.0 Å². The molecule has 1 aliphatic rings. The second-order valence-corrected chi connectivity index (χ2v) is 9.88. The number of hydrogen-bond acceptors (Lipinski definition) is 9. The lowest BCUT2D eigenvalue weighted by atomic mass is 10.0. The Kier molecular flexibility index (Phi) is 8.15. The third kappa shape index (κ3) is 5.88. The number of thioether (sulfide) groups is 1. The number of nitro benzene ring substituents is 1. The minimum Gasteiger partial charge on any atom is -0.454 e. The van der Waals surface area contributed by atoms with Crippen LogP contribution in [0.3, 0.4) is 0 Å². The molecule has 0 saturated carbocycles. The quantitative estimate of drug-likeness (QED) is 0.220. The first kappa shape index (κ1) is 26.9. The number of amides is 2. The van der Waals surface area contributed by atoms with E-state index in [-0.39, 0.29) is 36.0 Å². The average Bonchev–Trinajstić information content (AvgIpc) is 3.52. The van der Waals surface area contributed by atoms with Crippen LogP contribution in [0.1, 0.15) is 48.6 Å². The van der Waals surface area contributed by atoms with Crippen LogP contribution in [-0.2, 0) is 11.3 Å². The van der Waals surface area contributed by atoms with Gasteiger partial charge >= 0.3 is 0 Å². The zero-order valence-corrected chi connectivity index (χ0v) is 22.2. The van der Waals surface area contributed by atoms with Crippen LogP contribution in [-0.4, -0.2) is 44.0 Å². The molecule has 2 N–H and O–H groups in total. The molecule has 38 heavy (non-hydrogen) atoms. The highest BCUT2D eigenvalue weighted by Crippen LogP contribution is 2.33. The topological polar surface area (TPSA) is 151 Å². The summed E-state index contributed by atoms with van der Waals surface area (Å²) < 4.78 is 12.6. The summed E-state index contributed by atoms with van der Waals surface area (Å²) in [5, 5.41) is 26.0. The fourth-order valence-electron chi connectivity index (χ4n) is 3.90. The van der Waals surface area contributed by atoms with Gasteiger partial charge in [0.15, 0.2) is 22.5 Å². The van der Waals surface area contributed by atoms with Crippen molar-refractivity contribution in [3.63, 3.8) is 0 Å². The van der Waals surface area contributed by atoms with E-state index in [9.17, 15) is 19.7 Å². The molecule has 2 aromatic carbocycles. The fourth-order valence-corrected chi connectivity index (χ4v) is 4.71. The molecule has 0 bridgehead atoms. The number of non-ortho nitro benzene ring substituents is 1. The van der Waals surface area contributed by atoms with E-state index in [0.717, 1.165) is 0 Å². The monoisotopic (exact) mass is 540 g/mol. The Morgan fingerprint density at radius 1 is 1.16 bits per heavy atom. The van der Waals surface area contributed by atoms with E-state index in [1.165, 1.54) is 23.9 Å². The summed E-state index contributed by atoms with van der Waals surface area (Å²) in [5.41, 5.74) is 1.43. The maximum atomic E-state index is 13.1. The Labute approximate surface area is 223 Å². The molecule has 0 fully saturated rings. The predicted molar refractivity (Wildman–Crippen MR) is 140 cm³/mol. The smallest absolute Gasteiger partial charge is 0.271 e. The van der Waals surface area contributed by atoms with Gasteiger partial charge in [0, 0.05) is 24.2 Å². The van der Waals surface area contributed by atoms with Crippen molar-refractivity contribution < 1.29 is 24.0 Å². The highest BCUT2D eigenvalue weighted by Gasteiger charge is 2.27. The van der Waals surface area contributed by atoms with Gasteiger partial charge in [-0.25, -0.2) is 0 Å². The number of nitrogens with zero attached hydrogens (tertiary/aromatic N) is 4. The normalized spacial score (nSPS) is 12.9. The maximum Gasteiger partial charge on any atom is 0.271 e. The molecule has 4 rings (SSSR count). The van der Waals surface area contributed by atoms with E-state index in [0.29, 0.717) is 45.8 Å². The molecule has 200 valence electrons. The molecule has 0 spiro atoms. The van der Waals surface area contributed by atoms with Gasteiger partial charge in [-0.05, 0) is 43.5 Å². The van der Waals surface area contributed by atoms with E-state index in [1.54, 1.807) is 31.2 Å². The van der Waals surface area contributed by atoms with E-state index < -0.39 is 11.0 Å². The molecular weight excluding hydrogens is 512 g/mol. The van der Waals surface area contributed by atoms with Crippen LogP contribution in [0.2, 0.25) is 0 Å². The summed E-state index contributed by atoms with van der Waals surface area (Å²) in [4.78, 5) is 36.2. The van der Waals surface area contributed by atoms with Gasteiger partial charge in [-0.3, -0.25) is 19.7 Å². The van der Waals surface area contributed by atoms with Crippen molar-refractivity contribution in [2.24, 2.45) is 5.92 Å². The Bertz CT molecular complexity index is 1370. The highest BCUT2D eigenvalue weighted by molar-refractivity contribution is 7.99. The molecule has 1 aromatic heterocycles. The van der Waals surface area contributed by atoms with E-state index in [2.05, 4.69) is 20.8 Å². The zero-order chi connectivity index (χ0) is 27.4. The Morgan fingerprint density at radius 2 is 1.92 bits per heavy atom. The van der Waals surface area contributed by atoms with Crippen LogP contribution in [0.25, 0.3) is 0 Å². The largest absolute Gasteiger partial charge is 0.454 e. The number of aromatic nitrogens is 3. The number of rotatable bonds is 10. The third-order valence-electron chi connectivity index (χ3n) is 5.97. The van der Waals surface area contributed by atoms with Crippen molar-refractivity contribution in [3.8, 4) is 11.5 Å². The zero-order valence-electron chi connectivity index (χ0n) is 21.4. The van der Waals surface area contributed by atoms with Crippen molar-refractivity contribution in [2.45, 2.75) is 45.4 Å². The number of carbonyl (C=O) groups excluding carboxylic acids is 2. The molecule has 0 radical (unpaired) electrons. The van der Waals surface area contributed by atoms with E-state index in [4.69, 9.17) is 9.47 Å². The summed E-state index contributed by atoms with van der Waals surface area (Å²) in [6.07, 6.45) is 0. The molecule has 1 aliphatic heterocycles. The number of nitro groups is 1. The number of anilines is 1. The minimum absolute atomic E-state index is 0.000422. The third-order valence-corrected chi connectivity index (χ3v) is 6.93. The lowest BCUT2D eigenvalue weighted by molar-refractivity contribution is -0.384. The number of aryl methyl sites for hydroxylation is 1. The number of hydrogen-bond donors (Lipinski definition) is 2. The van der Waals surface area contributed by atoms with Crippen molar-refractivity contribution in [1.82, 2.24) is 20.1 Å². The van der Waals surface area contributed by atoms with Crippen LogP contribution in [0.4, 0.5) is 11.4 Å². The van der Waals surface area contributed by atoms with E-state index >= 15 is 0 Å². The van der Waals surface area contributed by atoms with Gasteiger partial charge in [-0.2, -0.15) is 0 Å². The average molecular weight is 541 g/mol. The van der Waals surface area contributed by atoms with Gasteiger partial charge in [-0.15, -0.1) is 10.2 Å². The molecule has 2 heterocycles. The summed E-state index contributed by atoms with van der Waals surface area (Å²) in [7, 11) is 0. The highest BCUT2D eigenvalue weighted by atomic mass is 32.2. The molecule has 1 atom stereocenters. The number of ether oxygens (including phenoxy) is 2. The van der Waals surface area contributed by atoms with Crippen molar-refractivity contribution in [1.29, 1.82) is 0 Å². The second kappa shape index (κ2) is 11.5. The van der Waals surface area contributed by atoms with Gasteiger partial charge in [0.1, 0.15) is 0 Å². The van der Waals surface area contributed by atoms with Gasteiger partial charge in [0.25, 0.3) is 11.6 Å². The number of carbonyl (C=O) groups is 2. The van der Waals surface area contributed by atoms with Crippen LogP contribution in [0.5, 0.6) is 11.5 Å². The summed E-state index contributed by atoms with van der Waals surface area (Å²) in [6, 6.07) is 8.89. The van der Waals surface area contributed by atoms with Crippen molar-refractivity contribution in [3.05, 3.63) is 63.5 Å². The first-order chi connectivity index (χ1) is 18.2. The standard InChI is InChI=1S/C25H28N6O6S/c1-5-30-23(22(14(2)3)27-24(33)16-7-9-19-20(10-16)37-13-36-19)28-29-25(30)38-12-21(32)26-18-11-17(31(34)35)8-6-15(18)4/h6-11,14,22H,5,12-13H2,1-4H3,(H,26,32)(H,27,33). The number of fused-ring (bicyclic) bond motifs is 1. The lowest BCUT2D eigenvalue weighted by Crippen LogP contribution is -2.33. The van der Waals surface area contributed by atoms with Crippen LogP contribution in [0, 0.1) is 23.0 Å². The van der Waals surface area contributed by atoms with Gasteiger partial charge in [0.05, 0.1) is 22.4 Å². The van der Waals surface area contributed by atoms with Crippen LogP contribution in [0.15, 0.2) is 41.6 Å². The van der Waals surface area contributed by atoms with Gasteiger partial charge < -0.3 is 24.7 Å². The van der Waals surface area contributed by atoms with Gasteiger partial charge in [-0.1, -0.05) is 31.7 Å². The Morgan fingerprint density at radius 3 is 2.63 bits per heavy atom. The lowest BCUT2D eigenvalue weighted by Gasteiger charge is -2.22. The summed E-state index contributed by atoms with van der Waals surface area (Å²) in [5.74, 6) is 1.10. The maximum absolute atomic E-state index is 13.1. The van der Waals surface area contributed by atoms with Crippen molar-refractivity contribution in [2.75, 3.05) is 17.9 Å². The molecule has 2 amide bonds. The first-order valence-corrected chi connectivity index (χ1v) is 13.0. The molecular formula is C25H28N6O6S. The second-order valence-electron chi connectivity index (χ2n) is 8.94. The van der Waals surface area contributed by atoms with Crippen LogP contribution < -0.4 is 20.1 Å². The summed E-state index contributed by atoms with van der Waals surface area (Å²) >= 11 is 1.19. The predicted octanol–water partition coefficient (Wildman–Crippen LogP) is 4.10. The number of benzene rings is 2. The van der Waals surface area contributed by atoms with E-state index in [1.807, 2.05) is 25.3 Å². The minimum atomic E-state index is -0.508. The fraction of sp³-hybridized carbons (Fsp3) is 0.360. The van der Waals surface area contributed by atoms with Gasteiger partial charge in [0.2, 0.25) is 12.7 Å². The first-order valence-electron chi connectivity index (χ1n) is 12.0. The SMILES string of the molecule is CCn1c(SCC(=O)Nc2cc([N+](=O)[O-])ccc2C)nnc1C(NC(=O)c1ccc2c(c1)OCO2)C(C)C. The molecule has 0 aliphatic carbocycles. The van der Waals surface area contributed by atoms with Crippen LogP contribution >= 0.6 is 11.8 Å². The summed E-state index contributed by atoms with van der Waals surface area (Å²) in [6.45, 7) is 8.29. The number of nitrogens with one attached hydrogen (secondary N) is 2. The Balaban J connectivity index is 1.45. The molecule has 3 aromatic rings. The molecule has 12 nitrogen and oxygen atoms in total. The molecule has 0 saturated heterocycles. The molecule has 13 heteroatoms. The Hall–Kier alpha value is -4.13.